The summed E-state index contributed by atoms with van der Waals surface area (Å²) in [6.07, 6.45) is 9.68. The first-order chi connectivity index (χ1) is 13.5. The maximum Gasteiger partial charge on any atom is 0.236 e. The molecule has 1 saturated heterocycles. The van der Waals surface area contributed by atoms with Gasteiger partial charge in [0.15, 0.2) is 0 Å². The van der Waals surface area contributed by atoms with E-state index in [1.807, 2.05) is 36.5 Å². The topological polar surface area (TPSA) is 57.5 Å². The van der Waals surface area contributed by atoms with E-state index in [0.717, 1.165) is 57.0 Å². The Kier molecular flexibility index (Phi) is 7.17. The minimum atomic E-state index is 0.197. The Morgan fingerprint density at radius 2 is 2.14 bits per heavy atom. The second-order valence-corrected chi connectivity index (χ2v) is 7.99. The van der Waals surface area contributed by atoms with Gasteiger partial charge < -0.3 is 14.4 Å². The molecule has 152 valence electrons. The van der Waals surface area contributed by atoms with Crippen molar-refractivity contribution in [3.8, 4) is 0 Å². The summed E-state index contributed by atoms with van der Waals surface area (Å²) >= 11 is 0. The Morgan fingerprint density at radius 1 is 1.29 bits per heavy atom. The van der Waals surface area contributed by atoms with Crippen molar-refractivity contribution in [1.82, 2.24) is 29.2 Å². The van der Waals surface area contributed by atoms with Gasteiger partial charge in [0.1, 0.15) is 5.82 Å². The third-order valence-electron chi connectivity index (χ3n) is 5.26. The molecule has 0 N–H and O–H groups in total. The zero-order valence-corrected chi connectivity index (χ0v) is 17.3. The number of rotatable bonds is 8. The average molecular weight is 385 g/mol. The van der Waals surface area contributed by atoms with E-state index in [1.165, 1.54) is 0 Å². The van der Waals surface area contributed by atoms with Crippen molar-refractivity contribution in [1.29, 1.82) is 0 Å². The largest absolute Gasteiger partial charge is 0.341 e. The highest BCUT2D eigenvalue weighted by Gasteiger charge is 2.27. The van der Waals surface area contributed by atoms with Crippen molar-refractivity contribution in [2.75, 3.05) is 47.3 Å². The first kappa shape index (κ1) is 20.5. The van der Waals surface area contributed by atoms with Gasteiger partial charge in [-0.1, -0.05) is 6.07 Å². The van der Waals surface area contributed by atoms with Crippen LogP contribution in [0.3, 0.4) is 0 Å². The van der Waals surface area contributed by atoms with Crippen molar-refractivity contribution in [3.63, 3.8) is 0 Å². The van der Waals surface area contributed by atoms with E-state index in [4.69, 9.17) is 0 Å². The van der Waals surface area contributed by atoms with Crippen molar-refractivity contribution in [2.45, 2.75) is 31.8 Å². The van der Waals surface area contributed by atoms with Crippen LogP contribution in [0.2, 0.25) is 0 Å². The van der Waals surface area contributed by atoms with Gasteiger partial charge in [-0.3, -0.25) is 14.7 Å². The summed E-state index contributed by atoms with van der Waals surface area (Å²) in [6.45, 7) is 4.67. The van der Waals surface area contributed by atoms with Gasteiger partial charge in [-0.25, -0.2) is 4.98 Å². The number of amides is 1. The van der Waals surface area contributed by atoms with Gasteiger partial charge in [-0.2, -0.15) is 0 Å². The second kappa shape index (κ2) is 9.80. The highest BCUT2D eigenvalue weighted by atomic mass is 16.2. The van der Waals surface area contributed by atoms with E-state index in [-0.39, 0.29) is 5.91 Å². The van der Waals surface area contributed by atoms with Gasteiger partial charge >= 0.3 is 0 Å². The molecular formula is C21H32N6O. The molecule has 1 fully saturated rings. The van der Waals surface area contributed by atoms with Crippen LogP contribution >= 0.6 is 0 Å². The maximum absolute atomic E-state index is 12.8. The molecule has 1 aliphatic rings. The Bertz CT molecular complexity index is 744. The van der Waals surface area contributed by atoms with Crippen LogP contribution in [-0.2, 0) is 17.9 Å². The van der Waals surface area contributed by atoms with E-state index in [2.05, 4.69) is 44.6 Å². The summed E-state index contributed by atoms with van der Waals surface area (Å²) in [5.41, 5.74) is 1.12. The third kappa shape index (κ3) is 5.62. The van der Waals surface area contributed by atoms with Gasteiger partial charge in [0, 0.05) is 63.4 Å². The summed E-state index contributed by atoms with van der Waals surface area (Å²) in [5.74, 6) is 1.63. The zero-order chi connectivity index (χ0) is 19.9. The number of likely N-dealkylation sites (N-methyl/N-ethyl adjacent to an activating group) is 2. The highest BCUT2D eigenvalue weighted by molar-refractivity contribution is 5.78. The van der Waals surface area contributed by atoms with Crippen LogP contribution < -0.4 is 0 Å². The Morgan fingerprint density at radius 3 is 2.89 bits per heavy atom. The summed E-state index contributed by atoms with van der Waals surface area (Å²) in [5, 5.41) is 0. The molecule has 28 heavy (non-hydrogen) atoms. The molecule has 2 aromatic rings. The molecule has 7 nitrogen and oxygen atoms in total. The fourth-order valence-corrected chi connectivity index (χ4v) is 3.78. The summed E-state index contributed by atoms with van der Waals surface area (Å²) in [7, 11) is 6.15. The van der Waals surface area contributed by atoms with Crippen LogP contribution in [0, 0.1) is 0 Å². The Hall–Kier alpha value is -2.25. The summed E-state index contributed by atoms with van der Waals surface area (Å²) in [4.78, 5) is 27.9. The number of carbonyl (C=O) groups excluding carboxylic acids is 1. The molecule has 3 heterocycles. The van der Waals surface area contributed by atoms with Crippen LogP contribution in [-0.4, -0.2) is 82.5 Å². The normalized spacial score (nSPS) is 17.5. The predicted octanol–water partition coefficient (Wildman–Crippen LogP) is 1.68. The number of likely N-dealkylation sites (tertiary alicyclic amines) is 1. The molecule has 0 unspecified atom stereocenters. The molecule has 0 aliphatic carbocycles. The van der Waals surface area contributed by atoms with E-state index in [0.29, 0.717) is 12.5 Å². The van der Waals surface area contributed by atoms with E-state index < -0.39 is 0 Å². The lowest BCUT2D eigenvalue weighted by molar-refractivity contribution is -0.133. The molecule has 1 atom stereocenters. The number of imidazole rings is 1. The quantitative estimate of drug-likeness (QED) is 0.693. The fourth-order valence-electron chi connectivity index (χ4n) is 3.78. The maximum atomic E-state index is 12.8. The van der Waals surface area contributed by atoms with Crippen molar-refractivity contribution in [2.24, 2.45) is 0 Å². The lowest BCUT2D eigenvalue weighted by atomic mass is 9.97. The van der Waals surface area contributed by atoms with E-state index in [9.17, 15) is 4.79 Å². The molecule has 3 rings (SSSR count). The third-order valence-corrected chi connectivity index (χ3v) is 5.26. The van der Waals surface area contributed by atoms with E-state index in [1.54, 1.807) is 6.20 Å². The number of hydrogen-bond donors (Lipinski definition) is 0. The van der Waals surface area contributed by atoms with Crippen molar-refractivity contribution >= 4 is 5.91 Å². The smallest absolute Gasteiger partial charge is 0.236 e. The van der Waals surface area contributed by atoms with Crippen molar-refractivity contribution < 1.29 is 4.79 Å². The Labute approximate surface area is 168 Å². The molecule has 0 bridgehead atoms. The predicted molar refractivity (Wildman–Crippen MR) is 110 cm³/mol. The van der Waals surface area contributed by atoms with Gasteiger partial charge in [0.05, 0.1) is 6.54 Å². The van der Waals surface area contributed by atoms with Crippen LogP contribution in [0.15, 0.2) is 36.9 Å². The van der Waals surface area contributed by atoms with Crippen LogP contribution in [0.25, 0.3) is 0 Å². The number of carbonyl (C=O) groups is 1. The standard InChI is InChI=1S/C21H32N6O/c1-24(2)12-13-26-11-9-23-21(26)19-7-5-10-27(16-19)20(28)17-25(3)15-18-6-4-8-22-14-18/h4,6,8-9,11,14,19H,5,7,10,12-13,15-17H2,1-3H3/t19-/m0/s1. The highest BCUT2D eigenvalue weighted by Crippen LogP contribution is 2.26. The lowest BCUT2D eigenvalue weighted by Crippen LogP contribution is -2.44. The number of aromatic nitrogens is 3. The fraction of sp³-hybridized carbons (Fsp3) is 0.571. The Balaban J connectivity index is 1.56. The SMILES string of the molecule is CN(C)CCn1ccnc1[C@H]1CCCN(C(=O)CN(C)Cc2cccnc2)C1. The number of piperidine rings is 1. The van der Waals surface area contributed by atoms with Gasteiger partial charge in [0.2, 0.25) is 5.91 Å². The first-order valence-electron chi connectivity index (χ1n) is 10.0. The molecule has 0 radical (unpaired) electrons. The van der Waals surface area contributed by atoms with Crippen LogP contribution in [0.5, 0.6) is 0 Å². The summed E-state index contributed by atoms with van der Waals surface area (Å²) < 4.78 is 2.24. The lowest BCUT2D eigenvalue weighted by Gasteiger charge is -2.34. The average Bonchev–Trinajstić information content (AvgIpc) is 3.16. The molecule has 0 saturated carbocycles. The molecule has 7 heteroatoms. The second-order valence-electron chi connectivity index (χ2n) is 7.99. The molecule has 1 aliphatic heterocycles. The van der Waals surface area contributed by atoms with Crippen molar-refractivity contribution in [3.05, 3.63) is 48.3 Å². The monoisotopic (exact) mass is 384 g/mol. The minimum Gasteiger partial charge on any atom is -0.341 e. The van der Waals surface area contributed by atoms with E-state index >= 15 is 0 Å². The molecule has 0 aromatic carbocycles. The number of pyridine rings is 1. The molecular weight excluding hydrogens is 352 g/mol. The van der Waals surface area contributed by atoms with Gasteiger partial charge in [-0.05, 0) is 45.6 Å². The molecule has 1 amide bonds. The zero-order valence-electron chi connectivity index (χ0n) is 17.3. The van der Waals surface area contributed by atoms with Gasteiger partial charge in [-0.15, -0.1) is 0 Å². The van der Waals surface area contributed by atoms with Gasteiger partial charge in [0.25, 0.3) is 0 Å². The molecule has 0 spiro atoms. The molecule has 2 aromatic heterocycles. The first-order valence-corrected chi connectivity index (χ1v) is 10.0. The minimum absolute atomic E-state index is 0.197. The summed E-state index contributed by atoms with van der Waals surface area (Å²) in [6, 6.07) is 3.97. The number of nitrogens with zero attached hydrogens (tertiary/aromatic N) is 6. The van der Waals surface area contributed by atoms with Crippen LogP contribution in [0.1, 0.15) is 30.1 Å². The van der Waals surface area contributed by atoms with Crippen LogP contribution in [0.4, 0.5) is 0 Å². The number of hydrogen-bond acceptors (Lipinski definition) is 5.